The van der Waals surface area contributed by atoms with Crippen molar-refractivity contribution < 1.29 is 19.1 Å². The van der Waals surface area contributed by atoms with E-state index in [0.29, 0.717) is 5.75 Å². The number of hydrogen-bond donors (Lipinski definition) is 1. The van der Waals surface area contributed by atoms with Crippen LogP contribution < -0.4 is 10.1 Å². The molecule has 5 nitrogen and oxygen atoms in total. The Balaban J connectivity index is 2.09. The number of anilines is 1. The fraction of sp³-hybridized carbons (Fsp3) is 0.263. The van der Waals surface area contributed by atoms with Crippen LogP contribution in [-0.4, -0.2) is 24.0 Å². The first-order chi connectivity index (χ1) is 11.6. The number of esters is 1. The van der Waals surface area contributed by atoms with Crippen LogP contribution in [0.4, 0.5) is 5.69 Å². The Kier molecular flexibility index (Phi) is 4.25. The van der Waals surface area contributed by atoms with Gasteiger partial charge in [-0.2, -0.15) is 0 Å². The largest absolute Gasteiger partial charge is 0.465 e. The van der Waals surface area contributed by atoms with Gasteiger partial charge in [0.05, 0.1) is 6.61 Å². The predicted octanol–water partition coefficient (Wildman–Crippen LogP) is 3.12. The number of hydrogen-bond acceptors (Lipinski definition) is 5. The van der Waals surface area contributed by atoms with Gasteiger partial charge in [-0.3, -0.25) is 4.79 Å². The summed E-state index contributed by atoms with van der Waals surface area (Å²) in [5, 5.41) is 3.26. The third-order valence-electron chi connectivity index (χ3n) is 4.09. The van der Waals surface area contributed by atoms with Gasteiger partial charge in [-0.25, -0.2) is 4.79 Å². The van der Waals surface area contributed by atoms with Gasteiger partial charge < -0.3 is 14.8 Å². The Hall–Kier alpha value is -2.82. The van der Waals surface area contributed by atoms with Gasteiger partial charge in [-0.05, 0) is 32.0 Å². The van der Waals surface area contributed by atoms with Crippen molar-refractivity contribution in [1.82, 2.24) is 0 Å². The maximum atomic E-state index is 12.7. The molecule has 0 bridgehead atoms. The molecule has 124 valence electrons. The highest BCUT2D eigenvalue weighted by molar-refractivity contribution is 6.09. The Morgan fingerprint density at radius 3 is 2.46 bits per heavy atom. The zero-order valence-electron chi connectivity index (χ0n) is 13.6. The van der Waals surface area contributed by atoms with E-state index in [9.17, 15) is 9.59 Å². The van der Waals surface area contributed by atoms with Crippen LogP contribution in [0.1, 0.15) is 25.5 Å². The lowest BCUT2D eigenvalue weighted by molar-refractivity contribution is -0.166. The molecule has 2 aromatic rings. The highest BCUT2D eigenvalue weighted by Gasteiger charge is 2.59. The van der Waals surface area contributed by atoms with E-state index in [4.69, 9.17) is 9.47 Å². The SMILES string of the molecule is CCOC(=O)[C@]1(C(C)=O)Oc2ccccc2[C@@H]1Nc1ccccc1. The number of rotatable bonds is 5. The van der Waals surface area contributed by atoms with Crippen molar-refractivity contribution in [3.8, 4) is 5.75 Å². The maximum Gasteiger partial charge on any atom is 0.361 e. The molecular formula is C19H19NO4. The predicted molar refractivity (Wildman–Crippen MR) is 89.9 cm³/mol. The van der Waals surface area contributed by atoms with E-state index in [2.05, 4.69) is 5.32 Å². The van der Waals surface area contributed by atoms with Gasteiger partial charge in [0, 0.05) is 11.3 Å². The zero-order valence-corrected chi connectivity index (χ0v) is 13.6. The van der Waals surface area contributed by atoms with E-state index in [1.807, 2.05) is 42.5 Å². The van der Waals surface area contributed by atoms with Gasteiger partial charge in [-0.15, -0.1) is 0 Å². The second kappa shape index (κ2) is 6.35. The summed E-state index contributed by atoms with van der Waals surface area (Å²) < 4.78 is 11.0. The molecule has 0 spiro atoms. The number of carbonyl (C=O) groups excluding carboxylic acids is 2. The lowest BCUT2D eigenvalue weighted by atomic mass is 9.87. The van der Waals surface area contributed by atoms with Crippen molar-refractivity contribution in [2.75, 3.05) is 11.9 Å². The van der Waals surface area contributed by atoms with E-state index in [1.54, 1.807) is 19.1 Å². The molecule has 0 amide bonds. The van der Waals surface area contributed by atoms with E-state index in [0.717, 1.165) is 11.3 Å². The van der Waals surface area contributed by atoms with Crippen LogP contribution in [-0.2, 0) is 14.3 Å². The van der Waals surface area contributed by atoms with Crippen molar-refractivity contribution in [3.63, 3.8) is 0 Å². The fourth-order valence-electron chi connectivity index (χ4n) is 2.96. The lowest BCUT2D eigenvalue weighted by Gasteiger charge is -2.30. The number of fused-ring (bicyclic) bond motifs is 1. The number of benzene rings is 2. The molecule has 2 atom stereocenters. The molecule has 0 saturated carbocycles. The summed E-state index contributed by atoms with van der Waals surface area (Å²) in [7, 11) is 0. The van der Waals surface area contributed by atoms with Gasteiger partial charge in [-0.1, -0.05) is 36.4 Å². The molecule has 0 radical (unpaired) electrons. The lowest BCUT2D eigenvalue weighted by Crippen LogP contribution is -2.55. The van der Waals surface area contributed by atoms with Crippen LogP contribution in [0.15, 0.2) is 54.6 Å². The molecule has 0 fully saturated rings. The number of para-hydroxylation sites is 2. The third-order valence-corrected chi connectivity index (χ3v) is 4.09. The minimum atomic E-state index is -1.73. The normalized spacial score (nSPS) is 21.5. The first-order valence-corrected chi connectivity index (χ1v) is 7.87. The number of ketones is 1. The van der Waals surface area contributed by atoms with Crippen molar-refractivity contribution in [2.24, 2.45) is 0 Å². The zero-order chi connectivity index (χ0) is 17.2. The Labute approximate surface area is 140 Å². The molecule has 1 aliphatic heterocycles. The molecule has 5 heteroatoms. The van der Waals surface area contributed by atoms with Crippen LogP contribution in [0.2, 0.25) is 0 Å². The molecule has 2 aromatic carbocycles. The quantitative estimate of drug-likeness (QED) is 0.676. The summed E-state index contributed by atoms with van der Waals surface area (Å²) in [6, 6.07) is 16.0. The van der Waals surface area contributed by atoms with Crippen LogP contribution in [0.3, 0.4) is 0 Å². The van der Waals surface area contributed by atoms with Gasteiger partial charge in [0.1, 0.15) is 11.8 Å². The van der Waals surface area contributed by atoms with Crippen LogP contribution >= 0.6 is 0 Å². The first kappa shape index (κ1) is 16.1. The van der Waals surface area contributed by atoms with Crippen LogP contribution in [0.25, 0.3) is 0 Å². The number of nitrogens with one attached hydrogen (secondary N) is 1. The van der Waals surface area contributed by atoms with Gasteiger partial charge in [0.25, 0.3) is 5.60 Å². The molecule has 0 saturated heterocycles. The maximum absolute atomic E-state index is 12.7. The number of carbonyl (C=O) groups is 2. The monoisotopic (exact) mass is 325 g/mol. The summed E-state index contributed by atoms with van der Waals surface area (Å²) >= 11 is 0. The second-order valence-corrected chi connectivity index (χ2v) is 5.60. The molecular weight excluding hydrogens is 306 g/mol. The minimum absolute atomic E-state index is 0.172. The van der Waals surface area contributed by atoms with Crippen molar-refractivity contribution >= 4 is 17.4 Å². The smallest absolute Gasteiger partial charge is 0.361 e. The molecule has 3 rings (SSSR count). The van der Waals surface area contributed by atoms with Gasteiger partial charge >= 0.3 is 5.97 Å². The van der Waals surface area contributed by atoms with Crippen LogP contribution in [0, 0.1) is 0 Å². The molecule has 0 aliphatic carbocycles. The molecule has 1 heterocycles. The fourth-order valence-corrected chi connectivity index (χ4v) is 2.96. The van der Waals surface area contributed by atoms with E-state index >= 15 is 0 Å². The minimum Gasteiger partial charge on any atom is -0.465 e. The summed E-state index contributed by atoms with van der Waals surface area (Å²) in [5.41, 5.74) is -0.183. The second-order valence-electron chi connectivity index (χ2n) is 5.60. The average Bonchev–Trinajstić information content (AvgIpc) is 2.92. The molecule has 1 aliphatic rings. The van der Waals surface area contributed by atoms with Crippen molar-refractivity contribution in [3.05, 3.63) is 60.2 Å². The summed E-state index contributed by atoms with van der Waals surface area (Å²) in [6.45, 7) is 3.22. The van der Waals surface area contributed by atoms with Gasteiger partial charge in [0.15, 0.2) is 5.78 Å². The third kappa shape index (κ3) is 2.52. The van der Waals surface area contributed by atoms with E-state index < -0.39 is 23.4 Å². The Morgan fingerprint density at radius 1 is 1.12 bits per heavy atom. The molecule has 0 unspecified atom stereocenters. The molecule has 24 heavy (non-hydrogen) atoms. The summed E-state index contributed by atoms with van der Waals surface area (Å²) in [6.07, 6.45) is 0. The number of Topliss-reactive ketones (excluding diaryl/α,β-unsaturated/α-hetero) is 1. The summed E-state index contributed by atoms with van der Waals surface area (Å²) in [4.78, 5) is 25.2. The highest BCUT2D eigenvalue weighted by Crippen LogP contribution is 2.46. The van der Waals surface area contributed by atoms with E-state index in [1.165, 1.54) is 6.92 Å². The Bertz CT molecular complexity index is 759. The summed E-state index contributed by atoms with van der Waals surface area (Å²) in [5.74, 6) is -0.568. The molecule has 1 N–H and O–H groups in total. The Morgan fingerprint density at radius 2 is 1.79 bits per heavy atom. The number of ether oxygens (including phenoxy) is 2. The van der Waals surface area contributed by atoms with Gasteiger partial charge in [0.2, 0.25) is 0 Å². The van der Waals surface area contributed by atoms with Crippen molar-refractivity contribution in [2.45, 2.75) is 25.5 Å². The highest BCUT2D eigenvalue weighted by atomic mass is 16.6. The van der Waals surface area contributed by atoms with Crippen LogP contribution in [0.5, 0.6) is 5.75 Å². The topological polar surface area (TPSA) is 64.6 Å². The average molecular weight is 325 g/mol. The standard InChI is InChI=1S/C19H19NO4/c1-3-23-18(22)19(13(2)21)17(20-14-9-5-4-6-10-14)15-11-7-8-12-16(15)24-19/h4-12,17,20H,3H2,1-2H3/t17-,19+/m0/s1. The molecule has 0 aromatic heterocycles. The first-order valence-electron chi connectivity index (χ1n) is 7.87. The van der Waals surface area contributed by atoms with Crippen molar-refractivity contribution in [1.29, 1.82) is 0 Å². The van der Waals surface area contributed by atoms with E-state index in [-0.39, 0.29) is 6.61 Å².